The molecule has 0 saturated heterocycles. The number of nitrogens with zero attached hydrogens (tertiary/aromatic N) is 2. The van der Waals surface area contributed by atoms with Crippen LogP contribution in [0.15, 0.2) is 122 Å². The van der Waals surface area contributed by atoms with E-state index < -0.39 is 43.0 Å². The molecule has 6 atom stereocenters. The van der Waals surface area contributed by atoms with Crippen LogP contribution in [0.3, 0.4) is 0 Å². The van der Waals surface area contributed by atoms with Gasteiger partial charge in [-0.2, -0.15) is 0 Å². The third kappa shape index (κ3) is 18.2. The van der Waals surface area contributed by atoms with Gasteiger partial charge in [0, 0.05) is 82.5 Å². The van der Waals surface area contributed by atoms with Gasteiger partial charge in [-0.25, -0.2) is 0 Å². The Morgan fingerprint density at radius 3 is 1.50 bits per heavy atom. The van der Waals surface area contributed by atoms with E-state index in [1.165, 1.54) is 11.1 Å². The number of carbonyl (C=O) groups excluding carboxylic acids is 1. The molecule has 13 nitrogen and oxygen atoms in total. The zero-order valence-electron chi connectivity index (χ0n) is 48.7. The molecule has 7 N–H and O–H groups in total. The number of halogens is 2. The summed E-state index contributed by atoms with van der Waals surface area (Å²) in [7, 11) is 0. The number of aromatic nitrogens is 2. The minimum absolute atomic E-state index is 0. The number of carbonyl (C=O) groups is 1. The molecule has 2 aromatic heterocycles. The molecule has 0 amide bonds. The van der Waals surface area contributed by atoms with Crippen molar-refractivity contribution in [2.45, 2.75) is 205 Å². The summed E-state index contributed by atoms with van der Waals surface area (Å²) in [5.74, 6) is 1.56. The molecule has 10 rings (SSSR count). The molecule has 4 saturated carbocycles. The molecule has 0 radical (unpaired) electrons. The van der Waals surface area contributed by atoms with Gasteiger partial charge < -0.3 is 50.2 Å². The number of hydrogen-bond donors (Lipinski definition) is 6. The summed E-state index contributed by atoms with van der Waals surface area (Å²) in [6, 6.07) is 33.1. The molecular formula is C71H93Cl2N3O10. The lowest BCUT2D eigenvalue weighted by Gasteiger charge is -2.27. The second-order valence-corrected chi connectivity index (χ2v) is 24.7. The highest BCUT2D eigenvalue weighted by molar-refractivity contribution is 6.31. The number of hydrogen-bond acceptors (Lipinski definition) is 13. The molecule has 86 heavy (non-hydrogen) atoms. The summed E-state index contributed by atoms with van der Waals surface area (Å²) < 4.78 is 25.8. The van der Waals surface area contributed by atoms with E-state index in [2.05, 4.69) is 78.4 Å². The van der Waals surface area contributed by atoms with Gasteiger partial charge in [0.25, 0.3) is 0 Å². The van der Waals surface area contributed by atoms with Gasteiger partial charge >= 0.3 is 0 Å². The van der Waals surface area contributed by atoms with Gasteiger partial charge in [-0.15, -0.1) is 0 Å². The highest BCUT2D eigenvalue weighted by Crippen LogP contribution is 2.55. The first kappa shape index (κ1) is 68.2. The van der Waals surface area contributed by atoms with E-state index in [1.54, 1.807) is 0 Å². The van der Waals surface area contributed by atoms with Crippen molar-refractivity contribution >= 4 is 29.0 Å². The monoisotopic (exact) mass is 1220 g/mol. The number of aliphatic hydroxyl groups is 5. The lowest BCUT2D eigenvalue weighted by molar-refractivity contribution is -0.127. The lowest BCUT2D eigenvalue weighted by Crippen LogP contribution is -2.45. The Hall–Kier alpha value is -5.29. The van der Waals surface area contributed by atoms with Gasteiger partial charge in [-0.3, -0.25) is 14.8 Å². The van der Waals surface area contributed by atoms with Crippen molar-refractivity contribution in [1.29, 1.82) is 0 Å². The van der Waals surface area contributed by atoms with Crippen LogP contribution in [0, 0.1) is 5.92 Å². The molecule has 0 aliphatic heterocycles. The second kappa shape index (κ2) is 32.3. The molecule has 4 aromatic carbocycles. The van der Waals surface area contributed by atoms with Crippen LogP contribution in [-0.2, 0) is 38.7 Å². The van der Waals surface area contributed by atoms with Crippen molar-refractivity contribution in [1.82, 2.24) is 9.97 Å². The van der Waals surface area contributed by atoms with Crippen molar-refractivity contribution in [3.05, 3.63) is 165 Å². The fourth-order valence-corrected chi connectivity index (χ4v) is 11.5. The zero-order valence-corrected chi connectivity index (χ0v) is 50.2. The molecule has 6 aromatic rings. The normalized spacial score (nSPS) is 17.5. The van der Waals surface area contributed by atoms with E-state index in [1.807, 2.05) is 67.3 Å². The van der Waals surface area contributed by atoms with Crippen LogP contribution in [0.1, 0.15) is 183 Å². The Morgan fingerprint density at radius 2 is 1.07 bits per heavy atom. The van der Waals surface area contributed by atoms with E-state index in [0.29, 0.717) is 49.2 Å². The number of ketones is 1. The summed E-state index contributed by atoms with van der Waals surface area (Å²) in [4.78, 5) is 21.4. The summed E-state index contributed by atoms with van der Waals surface area (Å²) in [6.07, 6.45) is 18.7. The molecule has 4 fully saturated rings. The standard InChI is InChI=1S/C39H50ClNO8.C30H35ClN2O2.2CH4/c1-25(7-3-2-4-8-29(44)20-27(22-42)37(46)38(47)35(45)23-43)26-11-14-34(40)28(19-26)24-48-39(16-17-39)33-21-41-18-15-31(33)32-9-5-6-10-36(32)49-30-12-13-30;1-21(6-4-5-16-32)22-9-12-28(31)23(18-22)20-34-30(14-15-30)27-19-33-17-13-25(27)26-7-2-3-8-29(26)35-24-10-11-24;;/h5-6,9-11,14-15,18-19,21,25,27,30,35,37-38,42-43,45-47H,2-4,7-8,12-13,16-17,20,22-24H2,1H3;2-3,7-9,12-13,17-19,21,24H,4-6,10-11,14-16,20,32H2,1H3;2*1H4/t25-,27-,35+,37+,38+;21-;;/m00../s1. The van der Waals surface area contributed by atoms with Crippen molar-refractivity contribution in [3.8, 4) is 33.8 Å². The van der Waals surface area contributed by atoms with Crippen LogP contribution >= 0.6 is 23.2 Å². The molecule has 0 unspecified atom stereocenters. The number of aliphatic hydroxyl groups excluding tert-OH is 5. The van der Waals surface area contributed by atoms with Gasteiger partial charge in [-0.1, -0.05) is 132 Å². The van der Waals surface area contributed by atoms with Gasteiger partial charge in [0.15, 0.2) is 0 Å². The van der Waals surface area contributed by atoms with Gasteiger partial charge in [0.05, 0.1) is 49.3 Å². The Kier molecular flexibility index (Phi) is 25.6. The third-order valence-electron chi connectivity index (χ3n) is 17.1. The topological polar surface area (TPSA) is 207 Å². The number of rotatable bonds is 33. The van der Waals surface area contributed by atoms with E-state index >= 15 is 0 Å². The molecule has 0 spiro atoms. The van der Waals surface area contributed by atoms with Crippen molar-refractivity contribution in [3.63, 3.8) is 0 Å². The Bertz CT molecular complexity index is 3090. The van der Waals surface area contributed by atoms with E-state index in [9.17, 15) is 25.2 Å². The number of para-hydroxylation sites is 2. The van der Waals surface area contributed by atoms with Gasteiger partial charge in [0.2, 0.25) is 0 Å². The smallest absolute Gasteiger partial charge is 0.133 e. The van der Waals surface area contributed by atoms with Gasteiger partial charge in [0.1, 0.15) is 29.5 Å². The number of pyridine rings is 2. The van der Waals surface area contributed by atoms with Crippen LogP contribution in [0.25, 0.3) is 22.3 Å². The molecule has 2 heterocycles. The zero-order chi connectivity index (χ0) is 59.2. The summed E-state index contributed by atoms with van der Waals surface area (Å²) in [5, 5.41) is 49.7. The first-order chi connectivity index (χ1) is 40.7. The predicted molar refractivity (Wildman–Crippen MR) is 343 cm³/mol. The molecule has 4 aliphatic carbocycles. The molecular weight excluding hydrogens is 1130 g/mol. The van der Waals surface area contributed by atoms with Crippen LogP contribution in [-0.4, -0.2) is 91.6 Å². The number of unbranched alkanes of at least 4 members (excludes halogenated alkanes) is 3. The SMILES string of the molecule is C.C.C[C@@H](CCCCCC(=O)C[C@@H](CO)[C@@H](O)[C@H](O)[C@H](O)CO)c1ccc(Cl)c(COC2(c3cnccc3-c3ccccc3OC3CC3)CC2)c1.C[C@@H](CCCCN)c1ccc(Cl)c(COC2(c3cnccc3-c3ccccc3OC3CC3)CC2)c1. The first-order valence-electron chi connectivity index (χ1n) is 30.5. The first-order valence-corrected chi connectivity index (χ1v) is 31.2. The highest BCUT2D eigenvalue weighted by atomic mass is 35.5. The maximum absolute atomic E-state index is 12.5. The van der Waals surface area contributed by atoms with Crippen molar-refractivity contribution in [2.75, 3.05) is 19.8 Å². The Morgan fingerprint density at radius 1 is 0.605 bits per heavy atom. The van der Waals surface area contributed by atoms with Crippen LogP contribution in [0.5, 0.6) is 11.5 Å². The van der Waals surface area contributed by atoms with Crippen molar-refractivity contribution in [2.24, 2.45) is 11.7 Å². The minimum Gasteiger partial charge on any atom is -0.490 e. The maximum atomic E-state index is 12.5. The fraction of sp³-hybridized carbons (Fsp3) is 0.507. The van der Waals surface area contributed by atoms with E-state index in [4.69, 9.17) is 53.0 Å². The largest absolute Gasteiger partial charge is 0.490 e. The average Bonchev–Trinajstić information content (AvgIpc) is 1.70. The van der Waals surface area contributed by atoms with Crippen LogP contribution in [0.2, 0.25) is 10.0 Å². The quantitative estimate of drug-likeness (QED) is 0.0212. The summed E-state index contributed by atoms with van der Waals surface area (Å²) in [6.45, 7) is 4.84. The van der Waals surface area contributed by atoms with Crippen molar-refractivity contribution < 1.29 is 49.3 Å². The van der Waals surface area contributed by atoms with E-state index in [-0.39, 0.29) is 38.6 Å². The summed E-state index contributed by atoms with van der Waals surface area (Å²) in [5.41, 5.74) is 16.0. The van der Waals surface area contributed by atoms with Crippen LogP contribution in [0.4, 0.5) is 0 Å². The fourth-order valence-electron chi connectivity index (χ4n) is 11.1. The number of benzene rings is 4. The number of Topliss-reactive ketones (excluding diaryl/α,β-unsaturated/α-hetero) is 1. The highest BCUT2D eigenvalue weighted by Gasteiger charge is 2.49. The molecule has 4 aliphatic rings. The molecule has 466 valence electrons. The second-order valence-electron chi connectivity index (χ2n) is 23.8. The molecule has 15 heteroatoms. The lowest BCUT2D eigenvalue weighted by atomic mass is 9.89. The minimum atomic E-state index is -1.64. The van der Waals surface area contributed by atoms with Gasteiger partial charge in [-0.05, 0) is 165 Å². The van der Waals surface area contributed by atoms with E-state index in [0.717, 1.165) is 157 Å². The Labute approximate surface area is 520 Å². The average molecular weight is 1220 g/mol. The predicted octanol–water partition coefficient (Wildman–Crippen LogP) is 14.5. The molecule has 0 bridgehead atoms. The number of ether oxygens (including phenoxy) is 4. The number of nitrogens with two attached hydrogens (primary N) is 1. The third-order valence-corrected chi connectivity index (χ3v) is 17.9. The maximum Gasteiger partial charge on any atom is 0.133 e. The summed E-state index contributed by atoms with van der Waals surface area (Å²) >= 11 is 13.3. The van der Waals surface area contributed by atoms with Crippen LogP contribution < -0.4 is 15.2 Å². The Balaban J connectivity index is 0.000000253.